The van der Waals surface area contributed by atoms with Crippen molar-refractivity contribution < 1.29 is 38.2 Å². The van der Waals surface area contributed by atoms with Crippen LogP contribution < -0.4 is 0 Å². The SMILES string of the molecule is CC/C=C/C/C=C/C/C=C/C/C=C/C/C=C/C/C=C/C/C=C/CCCC(=O)OCC(COCCC(C(=O)O)[N+](C)(C)C)OC(=O)CCCCCCCCCCCC. The van der Waals surface area contributed by atoms with Crippen LogP contribution in [0.15, 0.2) is 85.1 Å². The molecular weight excluding hydrogens is 715 g/mol. The van der Waals surface area contributed by atoms with Gasteiger partial charge in [0.1, 0.15) is 6.61 Å². The molecule has 0 aromatic heterocycles. The lowest BCUT2D eigenvalue weighted by molar-refractivity contribution is -0.887. The van der Waals surface area contributed by atoms with Crippen LogP contribution in [-0.2, 0) is 28.6 Å². The summed E-state index contributed by atoms with van der Waals surface area (Å²) < 4.78 is 17.2. The quantitative estimate of drug-likeness (QED) is 0.0287. The van der Waals surface area contributed by atoms with E-state index in [-0.39, 0.29) is 42.7 Å². The van der Waals surface area contributed by atoms with E-state index in [0.29, 0.717) is 19.3 Å². The number of unbranched alkanes of at least 4 members (excludes halogenated alkanes) is 10. The number of esters is 2. The van der Waals surface area contributed by atoms with Gasteiger partial charge in [-0.05, 0) is 64.2 Å². The van der Waals surface area contributed by atoms with Gasteiger partial charge in [-0.1, -0.05) is 157 Å². The van der Waals surface area contributed by atoms with Gasteiger partial charge in [-0.15, -0.1) is 0 Å². The third-order valence-corrected chi connectivity index (χ3v) is 9.31. The maximum atomic E-state index is 12.7. The minimum absolute atomic E-state index is 0.0396. The average Bonchev–Trinajstić information content (AvgIpc) is 3.17. The van der Waals surface area contributed by atoms with Crippen LogP contribution >= 0.6 is 0 Å². The van der Waals surface area contributed by atoms with Gasteiger partial charge in [0.15, 0.2) is 12.1 Å². The molecule has 8 heteroatoms. The van der Waals surface area contributed by atoms with Crippen LogP contribution in [0.1, 0.15) is 155 Å². The standard InChI is InChI=1S/C49H81NO7/c1-6-8-10-12-14-16-18-19-20-21-22-23-24-25-26-27-28-29-30-32-33-35-37-39-47(51)56-44-45(43-55-42-41-46(49(53)54)50(3,4)5)57-48(52)40-38-36-34-31-17-15-13-11-9-7-2/h8,10,14,16,19-20,22-23,25-26,28-29,32-33,45-46H,6-7,9,11-13,15,17-18,21,24,27,30-31,34-44H2,1-5H3/p+1/b10-8+,16-14+,20-19+,23-22+,26-25+,29-28+,33-32+. The van der Waals surface area contributed by atoms with Crippen molar-refractivity contribution in [3.8, 4) is 0 Å². The molecular formula is C49H82NO7+. The highest BCUT2D eigenvalue weighted by Crippen LogP contribution is 2.13. The van der Waals surface area contributed by atoms with E-state index in [2.05, 4.69) is 98.9 Å². The molecule has 0 spiro atoms. The number of carbonyl (C=O) groups is 3. The summed E-state index contributed by atoms with van der Waals surface area (Å²) in [5, 5.41) is 9.60. The monoisotopic (exact) mass is 797 g/mol. The number of aliphatic carboxylic acids is 1. The second kappa shape index (κ2) is 39.3. The van der Waals surface area contributed by atoms with Crippen molar-refractivity contribution in [1.29, 1.82) is 0 Å². The molecule has 2 unspecified atom stereocenters. The highest BCUT2D eigenvalue weighted by atomic mass is 16.6. The van der Waals surface area contributed by atoms with Crippen LogP contribution in [0.3, 0.4) is 0 Å². The molecule has 0 aromatic carbocycles. The Morgan fingerprint density at radius 2 is 0.982 bits per heavy atom. The number of carbonyl (C=O) groups excluding carboxylic acids is 2. The van der Waals surface area contributed by atoms with E-state index in [0.717, 1.165) is 70.6 Å². The van der Waals surface area contributed by atoms with Gasteiger partial charge in [-0.25, -0.2) is 4.79 Å². The first-order valence-electron chi connectivity index (χ1n) is 22.1. The molecule has 1 N–H and O–H groups in total. The Hall–Kier alpha value is -3.49. The number of hydrogen-bond donors (Lipinski definition) is 1. The first kappa shape index (κ1) is 53.5. The Bertz CT molecular complexity index is 1200. The van der Waals surface area contributed by atoms with Gasteiger partial charge < -0.3 is 23.8 Å². The highest BCUT2D eigenvalue weighted by Gasteiger charge is 2.31. The summed E-state index contributed by atoms with van der Waals surface area (Å²) in [6.45, 7) is 4.53. The van der Waals surface area contributed by atoms with Crippen LogP contribution in [-0.4, -0.2) is 80.6 Å². The molecule has 0 heterocycles. The number of quaternary nitrogens is 1. The Kier molecular flexibility index (Phi) is 36.9. The van der Waals surface area contributed by atoms with Crippen molar-refractivity contribution in [2.75, 3.05) is 41.0 Å². The number of ether oxygens (including phenoxy) is 3. The van der Waals surface area contributed by atoms with Crippen LogP contribution in [0, 0.1) is 0 Å². The van der Waals surface area contributed by atoms with Crippen molar-refractivity contribution in [2.45, 2.75) is 167 Å². The lowest BCUT2D eigenvalue weighted by Gasteiger charge is -2.31. The molecule has 0 aliphatic rings. The fourth-order valence-electron chi connectivity index (χ4n) is 5.90. The molecule has 2 atom stereocenters. The normalized spacial score (nSPS) is 13.8. The van der Waals surface area contributed by atoms with Crippen LogP contribution in [0.5, 0.6) is 0 Å². The van der Waals surface area contributed by atoms with E-state index in [4.69, 9.17) is 14.2 Å². The minimum atomic E-state index is -0.886. The number of rotatable bonds is 38. The van der Waals surface area contributed by atoms with Crippen molar-refractivity contribution in [3.05, 3.63) is 85.1 Å². The van der Waals surface area contributed by atoms with E-state index >= 15 is 0 Å². The summed E-state index contributed by atoms with van der Waals surface area (Å²) in [6.07, 6.45) is 50.7. The number of allylic oxidation sites excluding steroid dienone is 14. The Labute approximate surface area is 348 Å². The summed E-state index contributed by atoms with van der Waals surface area (Å²) in [5.41, 5.74) is 0. The molecule has 0 rings (SSSR count). The van der Waals surface area contributed by atoms with Crippen molar-refractivity contribution in [3.63, 3.8) is 0 Å². The highest BCUT2D eigenvalue weighted by molar-refractivity contribution is 5.72. The van der Waals surface area contributed by atoms with E-state index in [1.807, 2.05) is 21.1 Å². The van der Waals surface area contributed by atoms with Crippen molar-refractivity contribution in [1.82, 2.24) is 0 Å². The average molecular weight is 797 g/mol. The molecule has 0 aliphatic heterocycles. The first-order chi connectivity index (χ1) is 27.6. The van der Waals surface area contributed by atoms with Gasteiger partial charge in [-0.2, -0.15) is 0 Å². The number of carboxylic acid groups (broad SMARTS) is 1. The molecule has 324 valence electrons. The smallest absolute Gasteiger partial charge is 0.362 e. The molecule has 0 bridgehead atoms. The molecule has 0 saturated carbocycles. The maximum Gasteiger partial charge on any atom is 0.362 e. The van der Waals surface area contributed by atoms with E-state index in [1.54, 1.807) is 0 Å². The van der Waals surface area contributed by atoms with Gasteiger partial charge in [0.05, 0.1) is 34.4 Å². The molecule has 0 saturated heterocycles. The maximum absolute atomic E-state index is 12.7. The van der Waals surface area contributed by atoms with Crippen LogP contribution in [0.4, 0.5) is 0 Å². The van der Waals surface area contributed by atoms with Crippen molar-refractivity contribution >= 4 is 17.9 Å². The summed E-state index contributed by atoms with van der Waals surface area (Å²) >= 11 is 0. The fraction of sp³-hybridized carbons (Fsp3) is 0.653. The molecule has 0 radical (unpaired) electrons. The summed E-state index contributed by atoms with van der Waals surface area (Å²) in [4.78, 5) is 36.9. The molecule has 0 aromatic rings. The lowest BCUT2D eigenvalue weighted by atomic mass is 10.1. The summed E-state index contributed by atoms with van der Waals surface area (Å²) in [5.74, 6) is -1.55. The third-order valence-electron chi connectivity index (χ3n) is 9.31. The number of carboxylic acids is 1. The van der Waals surface area contributed by atoms with Gasteiger partial charge in [0.2, 0.25) is 0 Å². The van der Waals surface area contributed by atoms with E-state index < -0.39 is 18.1 Å². The Balaban J connectivity index is 4.39. The first-order valence-corrected chi connectivity index (χ1v) is 22.1. The number of nitrogens with zero attached hydrogens (tertiary/aromatic N) is 1. The predicted octanol–water partition coefficient (Wildman–Crippen LogP) is 12.1. The fourth-order valence-corrected chi connectivity index (χ4v) is 5.90. The second-order valence-electron chi connectivity index (χ2n) is 15.6. The zero-order chi connectivity index (χ0) is 42.1. The van der Waals surface area contributed by atoms with Crippen molar-refractivity contribution in [2.24, 2.45) is 0 Å². The molecule has 57 heavy (non-hydrogen) atoms. The van der Waals surface area contributed by atoms with E-state index in [9.17, 15) is 19.5 Å². The predicted molar refractivity (Wildman–Crippen MR) is 238 cm³/mol. The molecule has 0 amide bonds. The van der Waals surface area contributed by atoms with Gasteiger partial charge >= 0.3 is 17.9 Å². The van der Waals surface area contributed by atoms with Crippen LogP contribution in [0.2, 0.25) is 0 Å². The topological polar surface area (TPSA) is 99.1 Å². The second-order valence-corrected chi connectivity index (χ2v) is 15.6. The van der Waals surface area contributed by atoms with E-state index in [1.165, 1.54) is 44.9 Å². The lowest BCUT2D eigenvalue weighted by Crippen LogP contribution is -2.50. The zero-order valence-corrected chi connectivity index (χ0v) is 36.8. The Morgan fingerprint density at radius 3 is 1.44 bits per heavy atom. The molecule has 0 fully saturated rings. The number of hydrogen-bond acceptors (Lipinski definition) is 6. The Morgan fingerprint density at radius 1 is 0.544 bits per heavy atom. The van der Waals surface area contributed by atoms with Gasteiger partial charge in [0.25, 0.3) is 0 Å². The third kappa shape index (κ3) is 37.8. The van der Waals surface area contributed by atoms with Gasteiger partial charge in [-0.3, -0.25) is 9.59 Å². The summed E-state index contributed by atoms with van der Waals surface area (Å²) in [7, 11) is 5.50. The zero-order valence-electron chi connectivity index (χ0n) is 36.8. The molecule has 8 nitrogen and oxygen atoms in total. The minimum Gasteiger partial charge on any atom is -0.477 e. The van der Waals surface area contributed by atoms with Crippen LogP contribution in [0.25, 0.3) is 0 Å². The number of likely N-dealkylation sites (N-methyl/N-ethyl adjacent to an activating group) is 1. The molecule has 0 aliphatic carbocycles. The largest absolute Gasteiger partial charge is 0.477 e. The van der Waals surface area contributed by atoms with Gasteiger partial charge in [0, 0.05) is 19.3 Å². The summed E-state index contributed by atoms with van der Waals surface area (Å²) in [6, 6.07) is -0.625.